The number of carboxylic acids is 1. The Morgan fingerprint density at radius 3 is 2.89 bits per heavy atom. The normalized spacial score (nSPS) is 18.3. The Bertz CT molecular complexity index is 292. The van der Waals surface area contributed by atoms with Crippen molar-refractivity contribution in [1.82, 2.24) is 10.2 Å². The van der Waals surface area contributed by atoms with E-state index in [4.69, 9.17) is 14.6 Å². The molecule has 0 bridgehead atoms. The van der Waals surface area contributed by atoms with Crippen LogP contribution in [0.1, 0.15) is 19.3 Å². The molecule has 1 saturated heterocycles. The highest BCUT2D eigenvalue weighted by molar-refractivity contribution is 5.80. The van der Waals surface area contributed by atoms with E-state index in [2.05, 4.69) is 5.32 Å². The number of rotatable bonds is 8. The first-order valence-corrected chi connectivity index (χ1v) is 6.48. The highest BCUT2D eigenvalue weighted by Crippen LogP contribution is 2.14. The fourth-order valence-corrected chi connectivity index (χ4v) is 1.94. The molecule has 0 aliphatic carbocycles. The number of carbonyl (C=O) groups is 2. The van der Waals surface area contributed by atoms with Crippen molar-refractivity contribution in [2.75, 3.05) is 40.0 Å². The summed E-state index contributed by atoms with van der Waals surface area (Å²) in [5.74, 6) is -1.04. The summed E-state index contributed by atoms with van der Waals surface area (Å²) in [6.07, 6.45) is 3.07. The van der Waals surface area contributed by atoms with Gasteiger partial charge < -0.3 is 24.8 Å². The number of ether oxygens (including phenoxy) is 2. The topological polar surface area (TPSA) is 88.1 Å². The van der Waals surface area contributed by atoms with Gasteiger partial charge >= 0.3 is 12.0 Å². The van der Waals surface area contributed by atoms with E-state index in [9.17, 15) is 9.59 Å². The summed E-state index contributed by atoms with van der Waals surface area (Å²) >= 11 is 0. The summed E-state index contributed by atoms with van der Waals surface area (Å²) < 4.78 is 10.3. The van der Waals surface area contributed by atoms with E-state index in [1.165, 1.54) is 12.0 Å². The third-order valence-electron chi connectivity index (χ3n) is 2.95. The van der Waals surface area contributed by atoms with Gasteiger partial charge in [-0.3, -0.25) is 4.79 Å². The van der Waals surface area contributed by atoms with Gasteiger partial charge in [0.15, 0.2) is 0 Å². The molecule has 1 aliphatic heterocycles. The van der Waals surface area contributed by atoms with Crippen LogP contribution in [0.5, 0.6) is 0 Å². The summed E-state index contributed by atoms with van der Waals surface area (Å²) in [5, 5.41) is 11.5. The molecule has 2 N–H and O–H groups in total. The first-order valence-electron chi connectivity index (χ1n) is 6.48. The van der Waals surface area contributed by atoms with Crippen LogP contribution >= 0.6 is 0 Å². The Morgan fingerprint density at radius 2 is 2.32 bits per heavy atom. The van der Waals surface area contributed by atoms with Gasteiger partial charge in [0, 0.05) is 26.8 Å². The Hall–Kier alpha value is -1.34. The fourth-order valence-electron chi connectivity index (χ4n) is 1.94. The largest absolute Gasteiger partial charge is 0.480 e. The van der Waals surface area contributed by atoms with Gasteiger partial charge in [-0.1, -0.05) is 0 Å². The number of hydrogen-bond acceptors (Lipinski definition) is 4. The van der Waals surface area contributed by atoms with Crippen molar-refractivity contribution in [3.63, 3.8) is 0 Å². The molecule has 2 amide bonds. The van der Waals surface area contributed by atoms with Crippen LogP contribution in [0.4, 0.5) is 4.79 Å². The summed E-state index contributed by atoms with van der Waals surface area (Å²) in [7, 11) is 1.51. The number of urea groups is 1. The first-order chi connectivity index (χ1) is 9.13. The number of aliphatic carboxylic acids is 1. The lowest BCUT2D eigenvalue weighted by molar-refractivity contribution is -0.137. The molecule has 19 heavy (non-hydrogen) atoms. The molecule has 1 aliphatic rings. The Labute approximate surface area is 112 Å². The van der Waals surface area contributed by atoms with Crippen LogP contribution < -0.4 is 5.32 Å². The molecule has 7 heteroatoms. The second-order valence-electron chi connectivity index (χ2n) is 4.46. The number of hydrogen-bond donors (Lipinski definition) is 2. The van der Waals surface area contributed by atoms with E-state index in [0.29, 0.717) is 13.2 Å². The maximum absolute atomic E-state index is 11.8. The standard InChI is InChI=1S/C12H22N2O5/c1-18-8-6-14(9-11(15)16)12(17)13-5-4-10-3-2-7-19-10/h10H,2-9H2,1H3,(H,13,17)(H,15,16). The van der Waals surface area contributed by atoms with Gasteiger partial charge in [0.05, 0.1) is 12.7 Å². The second kappa shape index (κ2) is 8.71. The zero-order chi connectivity index (χ0) is 14.1. The minimum absolute atomic E-state index is 0.215. The minimum atomic E-state index is -1.04. The van der Waals surface area contributed by atoms with Crippen LogP contribution in [-0.2, 0) is 14.3 Å². The molecule has 0 spiro atoms. The third-order valence-corrected chi connectivity index (χ3v) is 2.95. The van der Waals surface area contributed by atoms with E-state index >= 15 is 0 Å². The number of carbonyl (C=O) groups excluding carboxylic acids is 1. The third kappa shape index (κ3) is 6.40. The van der Waals surface area contributed by atoms with Crippen LogP contribution in [0, 0.1) is 0 Å². The summed E-state index contributed by atoms with van der Waals surface area (Å²) in [6, 6.07) is -0.377. The highest BCUT2D eigenvalue weighted by Gasteiger charge is 2.18. The number of amides is 2. The van der Waals surface area contributed by atoms with Crippen LogP contribution in [0.15, 0.2) is 0 Å². The Kier molecular flexibility index (Phi) is 7.20. The van der Waals surface area contributed by atoms with Crippen LogP contribution in [-0.4, -0.2) is 68.1 Å². The van der Waals surface area contributed by atoms with Crippen molar-refractivity contribution >= 4 is 12.0 Å². The SMILES string of the molecule is COCCN(CC(=O)O)C(=O)NCCC1CCCO1. The predicted octanol–water partition coefficient (Wildman–Crippen LogP) is 0.298. The predicted molar refractivity (Wildman–Crippen MR) is 68.1 cm³/mol. The van der Waals surface area contributed by atoms with Crippen molar-refractivity contribution in [3.8, 4) is 0 Å². The Morgan fingerprint density at radius 1 is 1.53 bits per heavy atom. The number of nitrogens with one attached hydrogen (secondary N) is 1. The van der Waals surface area contributed by atoms with Crippen molar-refractivity contribution in [1.29, 1.82) is 0 Å². The average Bonchev–Trinajstić information content (AvgIpc) is 2.87. The smallest absolute Gasteiger partial charge is 0.323 e. The van der Waals surface area contributed by atoms with Crippen molar-refractivity contribution < 1.29 is 24.2 Å². The molecule has 7 nitrogen and oxygen atoms in total. The molecule has 0 aromatic carbocycles. The minimum Gasteiger partial charge on any atom is -0.480 e. The van der Waals surface area contributed by atoms with Gasteiger partial charge in [-0.15, -0.1) is 0 Å². The lowest BCUT2D eigenvalue weighted by Gasteiger charge is -2.21. The molecule has 0 aromatic heterocycles. The first kappa shape index (κ1) is 15.7. The maximum atomic E-state index is 11.8. The molecular formula is C12H22N2O5. The van der Waals surface area contributed by atoms with E-state index < -0.39 is 5.97 Å². The molecule has 0 radical (unpaired) electrons. The summed E-state index contributed by atoms with van der Waals surface area (Å²) in [6.45, 7) is 1.53. The lowest BCUT2D eigenvalue weighted by atomic mass is 10.2. The second-order valence-corrected chi connectivity index (χ2v) is 4.46. The molecule has 110 valence electrons. The van der Waals surface area contributed by atoms with Crippen LogP contribution in [0.2, 0.25) is 0 Å². The molecule has 1 heterocycles. The number of carboxylic acid groups (broad SMARTS) is 1. The molecule has 1 fully saturated rings. The van der Waals surface area contributed by atoms with Gasteiger partial charge in [-0.2, -0.15) is 0 Å². The fraction of sp³-hybridized carbons (Fsp3) is 0.833. The van der Waals surface area contributed by atoms with E-state index in [0.717, 1.165) is 25.9 Å². The van der Waals surface area contributed by atoms with Crippen molar-refractivity contribution in [3.05, 3.63) is 0 Å². The Balaban J connectivity index is 2.26. The van der Waals surface area contributed by atoms with E-state index in [-0.39, 0.29) is 25.2 Å². The molecule has 1 unspecified atom stereocenters. The number of nitrogens with zero attached hydrogens (tertiary/aromatic N) is 1. The average molecular weight is 274 g/mol. The van der Waals surface area contributed by atoms with Crippen LogP contribution in [0.3, 0.4) is 0 Å². The maximum Gasteiger partial charge on any atom is 0.323 e. The van der Waals surface area contributed by atoms with Gasteiger partial charge in [0.2, 0.25) is 0 Å². The van der Waals surface area contributed by atoms with Gasteiger partial charge in [-0.25, -0.2) is 4.79 Å². The summed E-state index contributed by atoms with van der Waals surface area (Å²) in [4.78, 5) is 23.7. The molecule has 0 aromatic rings. The van der Waals surface area contributed by atoms with Gasteiger partial charge in [0.25, 0.3) is 0 Å². The van der Waals surface area contributed by atoms with Crippen LogP contribution in [0.25, 0.3) is 0 Å². The number of methoxy groups -OCH3 is 1. The van der Waals surface area contributed by atoms with Gasteiger partial charge in [0.1, 0.15) is 6.54 Å². The van der Waals surface area contributed by atoms with Crippen molar-refractivity contribution in [2.24, 2.45) is 0 Å². The van der Waals surface area contributed by atoms with Gasteiger partial charge in [-0.05, 0) is 19.3 Å². The highest BCUT2D eigenvalue weighted by atomic mass is 16.5. The van der Waals surface area contributed by atoms with E-state index in [1.54, 1.807) is 0 Å². The lowest BCUT2D eigenvalue weighted by Crippen LogP contribution is -2.44. The summed E-state index contributed by atoms with van der Waals surface area (Å²) in [5.41, 5.74) is 0. The molecule has 1 rings (SSSR count). The van der Waals surface area contributed by atoms with E-state index in [1.807, 2.05) is 0 Å². The zero-order valence-corrected chi connectivity index (χ0v) is 11.3. The van der Waals surface area contributed by atoms with Crippen molar-refractivity contribution in [2.45, 2.75) is 25.4 Å². The molecular weight excluding hydrogens is 252 g/mol. The monoisotopic (exact) mass is 274 g/mol. The zero-order valence-electron chi connectivity index (χ0n) is 11.3. The quantitative estimate of drug-likeness (QED) is 0.664. The molecule has 1 atom stereocenters. The molecule has 0 saturated carbocycles.